The fourth-order valence-corrected chi connectivity index (χ4v) is 11.1. The van der Waals surface area contributed by atoms with E-state index in [1.807, 2.05) is 13.8 Å². The van der Waals surface area contributed by atoms with Crippen molar-refractivity contribution in [3.05, 3.63) is 11.6 Å². The summed E-state index contributed by atoms with van der Waals surface area (Å²) in [5.74, 6) is 0.492. The molecule has 3 saturated carbocycles. The van der Waals surface area contributed by atoms with Gasteiger partial charge in [0.2, 0.25) is 0 Å². The second-order valence-corrected chi connectivity index (χ2v) is 16.0. The van der Waals surface area contributed by atoms with Gasteiger partial charge >= 0.3 is 11.9 Å². The van der Waals surface area contributed by atoms with Gasteiger partial charge < -0.3 is 24.4 Å². The highest BCUT2D eigenvalue weighted by atomic mass is 16.5. The second-order valence-electron chi connectivity index (χ2n) is 16.0. The van der Waals surface area contributed by atoms with E-state index in [4.69, 9.17) is 14.2 Å². The molecule has 1 heterocycles. The Morgan fingerprint density at radius 1 is 0.878 bits per heavy atom. The molecule has 5 rings (SSSR count). The lowest BCUT2D eigenvalue weighted by atomic mass is 9.37. The summed E-state index contributed by atoms with van der Waals surface area (Å²) in [5.41, 5.74) is -0.0279. The van der Waals surface area contributed by atoms with Crippen molar-refractivity contribution >= 4 is 11.9 Å². The first-order valence-corrected chi connectivity index (χ1v) is 15.9. The number of allylic oxidation sites excluding steroid dienone is 1. The van der Waals surface area contributed by atoms with Gasteiger partial charge in [-0.05, 0) is 93.3 Å². The molecule has 0 radical (unpaired) electrons. The predicted molar refractivity (Wildman–Crippen MR) is 156 cm³/mol. The molecule has 0 spiro atoms. The molecule has 2 N–H and O–H groups in total. The second kappa shape index (κ2) is 10.1. The number of aliphatic hydroxyl groups is 2. The Hall–Kier alpha value is -1.44. The summed E-state index contributed by atoms with van der Waals surface area (Å²) < 4.78 is 18.4. The fraction of sp³-hybridized carbons (Fsp3) is 0.882. The molecular weight excluding hydrogens is 520 g/mol. The van der Waals surface area contributed by atoms with Gasteiger partial charge in [-0.1, -0.05) is 46.3 Å². The van der Waals surface area contributed by atoms with Gasteiger partial charge in [-0.3, -0.25) is 9.59 Å². The van der Waals surface area contributed by atoms with Gasteiger partial charge in [0.25, 0.3) is 0 Å². The standard InChI is InChI=1S/C34H54O7/c1-19(35)40-27-13-15-33(8)25-12-14-32(7)22(21-16-23(37)29(38)31(5,6)39-18-21)10-11-24(32)34(25,9)28(41-20(2)36)17-26(33)30(27,3)4/h11,21-23,25-29,37-38H,10,12-18H2,1-9H3/t21-,22-,23+,25+,26-,27+,28+,29-,32-,33+,34-/m0/s1. The molecule has 4 aliphatic carbocycles. The van der Waals surface area contributed by atoms with Crippen LogP contribution in [-0.2, 0) is 23.8 Å². The topological polar surface area (TPSA) is 102 Å². The maximum Gasteiger partial charge on any atom is 0.302 e. The van der Waals surface area contributed by atoms with Gasteiger partial charge in [0, 0.05) is 24.7 Å². The molecule has 0 aromatic heterocycles. The highest BCUT2D eigenvalue weighted by Gasteiger charge is 2.69. The molecule has 41 heavy (non-hydrogen) atoms. The Bertz CT molecular complexity index is 1090. The van der Waals surface area contributed by atoms with E-state index < -0.39 is 17.8 Å². The number of esters is 2. The van der Waals surface area contributed by atoms with E-state index in [-0.39, 0.29) is 63.6 Å². The Labute approximate surface area is 246 Å². The number of fused-ring (bicyclic) bond motifs is 5. The minimum absolute atomic E-state index is 0.0154. The van der Waals surface area contributed by atoms with E-state index in [1.165, 1.54) is 19.4 Å². The highest BCUT2D eigenvalue weighted by Crippen LogP contribution is 2.74. The predicted octanol–water partition coefficient (Wildman–Crippen LogP) is 5.60. The van der Waals surface area contributed by atoms with Crippen LogP contribution in [0, 0.1) is 45.3 Å². The van der Waals surface area contributed by atoms with E-state index in [0.717, 1.165) is 38.5 Å². The molecule has 0 aromatic rings. The summed E-state index contributed by atoms with van der Waals surface area (Å²) >= 11 is 0. The van der Waals surface area contributed by atoms with Gasteiger partial charge in [0.1, 0.15) is 18.3 Å². The van der Waals surface area contributed by atoms with Crippen molar-refractivity contribution in [1.29, 1.82) is 0 Å². The molecule has 232 valence electrons. The van der Waals surface area contributed by atoms with Crippen molar-refractivity contribution in [2.45, 2.75) is 137 Å². The van der Waals surface area contributed by atoms with Crippen molar-refractivity contribution in [1.82, 2.24) is 0 Å². The van der Waals surface area contributed by atoms with Gasteiger partial charge in [0.15, 0.2) is 0 Å². The first-order chi connectivity index (χ1) is 18.9. The van der Waals surface area contributed by atoms with Gasteiger partial charge in [-0.15, -0.1) is 0 Å². The lowest BCUT2D eigenvalue weighted by Gasteiger charge is -2.69. The number of rotatable bonds is 3. The van der Waals surface area contributed by atoms with Crippen LogP contribution in [0.2, 0.25) is 0 Å². The van der Waals surface area contributed by atoms with Crippen molar-refractivity contribution in [3.8, 4) is 0 Å². The normalized spacial score (nSPS) is 48.5. The van der Waals surface area contributed by atoms with Gasteiger partial charge in [-0.25, -0.2) is 0 Å². The number of aliphatic hydroxyl groups excluding tert-OH is 2. The van der Waals surface area contributed by atoms with Crippen LogP contribution in [-0.4, -0.2) is 58.8 Å². The Balaban J connectivity index is 1.51. The third-order valence-corrected chi connectivity index (χ3v) is 13.1. The summed E-state index contributed by atoms with van der Waals surface area (Å²) in [5, 5.41) is 21.7. The fourth-order valence-electron chi connectivity index (χ4n) is 11.1. The molecular formula is C34H54O7. The Morgan fingerprint density at radius 2 is 1.51 bits per heavy atom. The minimum Gasteiger partial charge on any atom is -0.462 e. The van der Waals surface area contributed by atoms with Crippen LogP contribution < -0.4 is 0 Å². The van der Waals surface area contributed by atoms with Crippen molar-refractivity contribution in [3.63, 3.8) is 0 Å². The summed E-state index contributed by atoms with van der Waals surface area (Å²) in [4.78, 5) is 24.6. The van der Waals surface area contributed by atoms with Crippen molar-refractivity contribution in [2.24, 2.45) is 45.3 Å². The van der Waals surface area contributed by atoms with Crippen LogP contribution in [0.25, 0.3) is 0 Å². The molecule has 11 atom stereocenters. The third-order valence-electron chi connectivity index (χ3n) is 13.1. The van der Waals surface area contributed by atoms with Crippen LogP contribution in [0.4, 0.5) is 0 Å². The third kappa shape index (κ3) is 4.63. The molecule has 7 nitrogen and oxygen atoms in total. The van der Waals surface area contributed by atoms with E-state index in [9.17, 15) is 19.8 Å². The van der Waals surface area contributed by atoms with Gasteiger partial charge in [-0.2, -0.15) is 0 Å². The van der Waals surface area contributed by atoms with Gasteiger partial charge in [0.05, 0.1) is 18.3 Å². The molecule has 0 unspecified atom stereocenters. The van der Waals surface area contributed by atoms with E-state index in [2.05, 4.69) is 40.7 Å². The smallest absolute Gasteiger partial charge is 0.302 e. The summed E-state index contributed by atoms with van der Waals surface area (Å²) in [6, 6.07) is 0. The number of hydrogen-bond acceptors (Lipinski definition) is 7. The minimum atomic E-state index is -0.920. The van der Waals surface area contributed by atoms with E-state index in [0.29, 0.717) is 18.9 Å². The number of hydrogen-bond donors (Lipinski definition) is 2. The number of carbonyl (C=O) groups excluding carboxylic acids is 2. The lowest BCUT2D eigenvalue weighted by Crippen LogP contribution is -2.66. The zero-order valence-corrected chi connectivity index (χ0v) is 26.8. The average Bonchev–Trinajstić information content (AvgIpc) is 3.17. The number of carbonyl (C=O) groups is 2. The largest absolute Gasteiger partial charge is 0.462 e. The Morgan fingerprint density at radius 3 is 2.15 bits per heavy atom. The van der Waals surface area contributed by atoms with Crippen molar-refractivity contribution in [2.75, 3.05) is 6.61 Å². The average molecular weight is 575 g/mol. The summed E-state index contributed by atoms with van der Waals surface area (Å²) in [6.07, 6.45) is 6.34. The summed E-state index contributed by atoms with van der Waals surface area (Å²) in [6.45, 7) is 18.9. The first-order valence-electron chi connectivity index (χ1n) is 15.9. The maximum atomic E-state index is 12.6. The summed E-state index contributed by atoms with van der Waals surface area (Å²) in [7, 11) is 0. The molecule has 0 aromatic carbocycles. The van der Waals surface area contributed by atoms with Crippen LogP contribution in [0.1, 0.15) is 107 Å². The zero-order valence-electron chi connectivity index (χ0n) is 26.8. The zero-order chi connectivity index (χ0) is 30.3. The Kier molecular flexibility index (Phi) is 7.60. The van der Waals surface area contributed by atoms with Crippen LogP contribution in [0.5, 0.6) is 0 Å². The monoisotopic (exact) mass is 574 g/mol. The van der Waals surface area contributed by atoms with Crippen LogP contribution in [0.15, 0.2) is 11.6 Å². The van der Waals surface area contributed by atoms with Crippen LogP contribution in [0.3, 0.4) is 0 Å². The SMILES string of the molecule is CC(=O)O[C@@H]1CC[C@]2(C)[C@H]3CC[C@]4(C)C(=CC[C@H]4[C@@H]4COC(C)(C)[C@@H](O)[C@H](O)C4)[C@]3(C)[C@H](OC(C)=O)C[C@H]2C1(C)C. The molecule has 1 saturated heterocycles. The molecule has 7 heteroatoms. The first kappa shape index (κ1) is 31.0. The number of ether oxygens (including phenoxy) is 3. The molecule has 0 amide bonds. The molecule has 4 fully saturated rings. The van der Waals surface area contributed by atoms with E-state index >= 15 is 0 Å². The highest BCUT2D eigenvalue weighted by molar-refractivity contribution is 5.67. The van der Waals surface area contributed by atoms with Crippen molar-refractivity contribution < 1.29 is 34.0 Å². The molecule has 1 aliphatic heterocycles. The van der Waals surface area contributed by atoms with E-state index in [1.54, 1.807) is 0 Å². The lowest BCUT2D eigenvalue weighted by molar-refractivity contribution is -0.227. The molecule has 5 aliphatic rings. The van der Waals surface area contributed by atoms with Crippen LogP contribution >= 0.6 is 0 Å². The maximum absolute atomic E-state index is 12.6. The molecule has 0 bridgehead atoms. The quantitative estimate of drug-likeness (QED) is 0.334.